The summed E-state index contributed by atoms with van der Waals surface area (Å²) < 4.78 is 35.7. The number of carbonyl (C=O) groups excluding carboxylic acids is 1. The van der Waals surface area contributed by atoms with E-state index in [1.54, 1.807) is 20.8 Å². The predicted octanol–water partition coefficient (Wildman–Crippen LogP) is 5.41. The van der Waals surface area contributed by atoms with E-state index in [4.69, 9.17) is 28.4 Å². The average Bonchev–Trinajstić information content (AvgIpc) is 2.93. The normalized spacial score (nSPS) is 22.9. The number of benzene rings is 3. The van der Waals surface area contributed by atoms with Gasteiger partial charge in [0.25, 0.3) is 0 Å². The second-order valence-electron chi connectivity index (χ2n) is 10.6. The summed E-state index contributed by atoms with van der Waals surface area (Å²) in [5.74, 6) is 0. The molecule has 3 aromatic carbocycles. The van der Waals surface area contributed by atoms with Gasteiger partial charge in [0.2, 0.25) is 0 Å². The highest BCUT2D eigenvalue weighted by molar-refractivity contribution is 5.61. The Bertz CT molecular complexity index is 1150. The zero-order chi connectivity index (χ0) is 28.4. The molecule has 1 aliphatic rings. The van der Waals surface area contributed by atoms with Crippen LogP contribution in [0.2, 0.25) is 0 Å². The van der Waals surface area contributed by atoms with Gasteiger partial charge in [-0.25, -0.2) is 4.79 Å². The van der Waals surface area contributed by atoms with Crippen LogP contribution in [0.4, 0.5) is 4.79 Å². The van der Waals surface area contributed by atoms with Gasteiger partial charge in [0.1, 0.15) is 23.9 Å². The van der Waals surface area contributed by atoms with E-state index >= 15 is 0 Å². The largest absolute Gasteiger partial charge is 0.509 e. The molecule has 0 aliphatic carbocycles. The molecule has 0 bridgehead atoms. The highest BCUT2D eigenvalue weighted by Gasteiger charge is 2.50. The zero-order valence-electron chi connectivity index (χ0n) is 23.2. The monoisotopic (exact) mass is 550 g/mol. The second kappa shape index (κ2) is 14.4. The van der Waals surface area contributed by atoms with Crippen LogP contribution in [0.3, 0.4) is 0 Å². The fraction of sp³-hybridized carbons (Fsp3) is 0.406. The lowest BCUT2D eigenvalue weighted by molar-refractivity contribution is -0.310. The third-order valence-electron chi connectivity index (χ3n) is 6.20. The van der Waals surface area contributed by atoms with Gasteiger partial charge in [0, 0.05) is 0 Å². The quantitative estimate of drug-likeness (QED) is 0.317. The highest BCUT2D eigenvalue weighted by atomic mass is 16.8. The van der Waals surface area contributed by atoms with Crippen LogP contribution in [0.25, 0.3) is 0 Å². The maximum atomic E-state index is 12.9. The highest BCUT2D eigenvalue weighted by Crippen LogP contribution is 2.30. The van der Waals surface area contributed by atoms with Gasteiger partial charge < -0.3 is 33.5 Å². The molecule has 0 radical (unpaired) electrons. The smallest absolute Gasteiger partial charge is 0.429 e. The van der Waals surface area contributed by atoms with E-state index in [0.29, 0.717) is 6.61 Å². The van der Waals surface area contributed by atoms with E-state index in [2.05, 4.69) is 0 Å². The lowest BCUT2D eigenvalue weighted by Crippen LogP contribution is -2.61. The molecule has 1 fully saturated rings. The Kier molecular flexibility index (Phi) is 10.7. The van der Waals surface area contributed by atoms with Gasteiger partial charge in [-0.05, 0) is 37.5 Å². The third-order valence-corrected chi connectivity index (χ3v) is 6.20. The van der Waals surface area contributed by atoms with E-state index in [9.17, 15) is 9.90 Å². The van der Waals surface area contributed by atoms with Crippen molar-refractivity contribution in [1.82, 2.24) is 0 Å². The maximum Gasteiger partial charge on any atom is 0.509 e. The van der Waals surface area contributed by atoms with E-state index in [1.807, 2.05) is 91.0 Å². The molecule has 0 spiro atoms. The Morgan fingerprint density at radius 1 is 0.725 bits per heavy atom. The van der Waals surface area contributed by atoms with Crippen LogP contribution in [-0.4, -0.2) is 54.2 Å². The average molecular weight is 551 g/mol. The Balaban J connectivity index is 1.56. The molecule has 1 unspecified atom stereocenters. The molecular weight excluding hydrogens is 512 g/mol. The molecule has 8 heteroatoms. The molecule has 0 aromatic heterocycles. The zero-order valence-corrected chi connectivity index (χ0v) is 23.2. The molecule has 1 aliphatic heterocycles. The van der Waals surface area contributed by atoms with E-state index < -0.39 is 42.5 Å². The number of hydrogen-bond donors (Lipinski definition) is 1. The fourth-order valence-electron chi connectivity index (χ4n) is 4.33. The third kappa shape index (κ3) is 9.15. The Labute approximate surface area is 235 Å². The van der Waals surface area contributed by atoms with Crippen molar-refractivity contribution >= 4 is 6.16 Å². The van der Waals surface area contributed by atoms with Crippen LogP contribution < -0.4 is 0 Å². The number of carbonyl (C=O) groups is 1. The lowest BCUT2D eigenvalue weighted by atomic mass is 9.98. The summed E-state index contributed by atoms with van der Waals surface area (Å²) >= 11 is 0. The SMILES string of the molecule is CC(C)(C)OC(=O)O[C@@H]1[C@H](OCc2ccccc2)[C@@H](COCc2ccccc2)OC(O)[C@@H]1OCc1ccccc1. The van der Waals surface area contributed by atoms with Crippen LogP contribution >= 0.6 is 0 Å². The molecule has 0 saturated carbocycles. The summed E-state index contributed by atoms with van der Waals surface area (Å²) in [6.45, 7) is 6.07. The first-order valence-electron chi connectivity index (χ1n) is 13.4. The van der Waals surface area contributed by atoms with Crippen molar-refractivity contribution in [3.63, 3.8) is 0 Å². The minimum absolute atomic E-state index is 0.0883. The molecule has 4 rings (SSSR count). The Morgan fingerprint density at radius 2 is 1.20 bits per heavy atom. The van der Waals surface area contributed by atoms with Gasteiger partial charge in [-0.2, -0.15) is 0 Å². The van der Waals surface area contributed by atoms with Gasteiger partial charge >= 0.3 is 6.16 Å². The molecule has 1 N–H and O–H groups in total. The molecular formula is C32H38O8. The molecule has 8 nitrogen and oxygen atoms in total. The van der Waals surface area contributed by atoms with Crippen LogP contribution in [0.1, 0.15) is 37.5 Å². The molecule has 40 heavy (non-hydrogen) atoms. The first kappa shape index (κ1) is 29.7. The van der Waals surface area contributed by atoms with Gasteiger partial charge in [-0.15, -0.1) is 0 Å². The van der Waals surface area contributed by atoms with Crippen molar-refractivity contribution < 1.29 is 38.3 Å². The van der Waals surface area contributed by atoms with Gasteiger partial charge in [0.15, 0.2) is 12.4 Å². The van der Waals surface area contributed by atoms with Crippen LogP contribution in [0, 0.1) is 0 Å². The Hall–Kier alpha value is -3.27. The molecule has 214 valence electrons. The summed E-state index contributed by atoms with van der Waals surface area (Å²) in [7, 11) is 0. The van der Waals surface area contributed by atoms with Crippen LogP contribution in [0.15, 0.2) is 91.0 Å². The molecule has 1 saturated heterocycles. The van der Waals surface area contributed by atoms with Crippen molar-refractivity contribution in [3.05, 3.63) is 108 Å². The van der Waals surface area contributed by atoms with Crippen molar-refractivity contribution in [2.45, 2.75) is 76.9 Å². The second-order valence-corrected chi connectivity index (χ2v) is 10.6. The van der Waals surface area contributed by atoms with E-state index in [-0.39, 0.29) is 19.8 Å². The van der Waals surface area contributed by atoms with Crippen LogP contribution in [-0.2, 0) is 48.2 Å². The van der Waals surface area contributed by atoms with Gasteiger partial charge in [-0.3, -0.25) is 0 Å². The van der Waals surface area contributed by atoms with E-state index in [1.165, 1.54) is 0 Å². The predicted molar refractivity (Wildman–Crippen MR) is 148 cm³/mol. The van der Waals surface area contributed by atoms with Crippen molar-refractivity contribution in [2.24, 2.45) is 0 Å². The first-order valence-corrected chi connectivity index (χ1v) is 13.4. The molecule has 3 aromatic rings. The summed E-state index contributed by atoms with van der Waals surface area (Å²) in [5, 5.41) is 11.1. The number of ether oxygens (including phenoxy) is 6. The molecule has 0 amide bonds. The summed E-state index contributed by atoms with van der Waals surface area (Å²) in [5.41, 5.74) is 2.03. The van der Waals surface area contributed by atoms with Crippen LogP contribution in [0.5, 0.6) is 0 Å². The summed E-state index contributed by atoms with van der Waals surface area (Å²) in [6.07, 6.45) is -5.97. The number of rotatable bonds is 11. The summed E-state index contributed by atoms with van der Waals surface area (Å²) in [6, 6.07) is 28.9. The van der Waals surface area contributed by atoms with Crippen molar-refractivity contribution in [2.75, 3.05) is 6.61 Å². The fourth-order valence-corrected chi connectivity index (χ4v) is 4.33. The van der Waals surface area contributed by atoms with Gasteiger partial charge in [-0.1, -0.05) is 91.0 Å². The Morgan fingerprint density at radius 3 is 1.70 bits per heavy atom. The lowest BCUT2D eigenvalue weighted by Gasteiger charge is -2.43. The summed E-state index contributed by atoms with van der Waals surface area (Å²) in [4.78, 5) is 12.9. The number of aliphatic hydroxyl groups is 1. The molecule has 1 heterocycles. The minimum Gasteiger partial charge on any atom is -0.429 e. The maximum absolute atomic E-state index is 12.9. The number of aliphatic hydroxyl groups excluding tert-OH is 1. The first-order chi connectivity index (χ1) is 19.3. The topological polar surface area (TPSA) is 92.7 Å². The molecule has 5 atom stereocenters. The van der Waals surface area contributed by atoms with E-state index in [0.717, 1.165) is 16.7 Å². The van der Waals surface area contributed by atoms with Crippen molar-refractivity contribution in [1.29, 1.82) is 0 Å². The standard InChI is InChI=1S/C32H38O8/c1-32(2,3)40-31(34)39-28-27(36-20-24-15-9-5-10-16-24)26(22-35-19-23-13-7-4-8-14-23)38-30(33)29(28)37-21-25-17-11-6-12-18-25/h4-18,26-30,33H,19-22H2,1-3H3/t26-,27-,28-,29-,30?/m1/s1. The van der Waals surface area contributed by atoms with Crippen molar-refractivity contribution in [3.8, 4) is 0 Å². The van der Waals surface area contributed by atoms with Gasteiger partial charge in [0.05, 0.1) is 26.4 Å². The number of hydrogen-bond acceptors (Lipinski definition) is 8. The minimum atomic E-state index is -1.40.